The fourth-order valence-electron chi connectivity index (χ4n) is 2.62. The molecule has 0 bridgehead atoms. The summed E-state index contributed by atoms with van der Waals surface area (Å²) < 4.78 is 25.8. The van der Waals surface area contributed by atoms with Crippen LogP contribution >= 0.6 is 0 Å². The van der Waals surface area contributed by atoms with Crippen LogP contribution in [-0.2, 0) is 17.1 Å². The van der Waals surface area contributed by atoms with Gasteiger partial charge in [0.2, 0.25) is 0 Å². The van der Waals surface area contributed by atoms with Crippen LogP contribution in [0, 0.1) is 11.6 Å². The Balaban J connectivity index is 0.000000253. The topological polar surface area (TPSA) is 121 Å². The summed E-state index contributed by atoms with van der Waals surface area (Å²) in [6, 6.07) is 18.7. The van der Waals surface area contributed by atoms with Crippen molar-refractivity contribution in [1.82, 2.24) is 9.97 Å². The summed E-state index contributed by atoms with van der Waals surface area (Å²) in [6.45, 7) is 0. The molecule has 2 aromatic carbocycles. The van der Waals surface area contributed by atoms with Crippen molar-refractivity contribution in [3.8, 4) is 0 Å². The first kappa shape index (κ1) is 28.6. The maximum Gasteiger partial charge on any atom is 2.00 e. The molecule has 0 unspecified atom stereocenters. The molecule has 0 aliphatic rings. The molecule has 0 amide bonds. The molecule has 0 aliphatic carbocycles. The van der Waals surface area contributed by atoms with Crippen LogP contribution in [0.25, 0.3) is 0 Å². The molecule has 0 spiro atoms. The molecule has 8 nitrogen and oxygen atoms in total. The van der Waals surface area contributed by atoms with E-state index in [0.717, 1.165) is 0 Å². The maximum atomic E-state index is 12.9. The van der Waals surface area contributed by atoms with Gasteiger partial charge < -0.3 is 10.2 Å². The Labute approximate surface area is 222 Å². The van der Waals surface area contributed by atoms with Gasteiger partial charge in [-0.1, -0.05) is 34.5 Å². The minimum Gasteiger partial charge on any atom is -0.577 e. The van der Waals surface area contributed by atoms with Gasteiger partial charge >= 0.3 is 28.9 Å². The van der Waals surface area contributed by atoms with Crippen molar-refractivity contribution in [2.24, 2.45) is 20.4 Å². The predicted molar refractivity (Wildman–Crippen MR) is 137 cm³/mol. The molecule has 11 heteroatoms. The van der Waals surface area contributed by atoms with Crippen LogP contribution in [0.15, 0.2) is 118 Å². The van der Waals surface area contributed by atoms with E-state index >= 15 is 0 Å². The van der Waals surface area contributed by atoms with Crippen LogP contribution in [0.1, 0.15) is 22.3 Å². The third kappa shape index (κ3) is 10.3. The van der Waals surface area contributed by atoms with Crippen LogP contribution in [0.2, 0.25) is 0 Å². The Bertz CT molecular complexity index is 1280. The Hall–Kier alpha value is -4.60. The second-order valence-corrected chi connectivity index (χ2v) is 6.97. The van der Waals surface area contributed by atoms with E-state index in [-0.39, 0.29) is 40.5 Å². The summed E-state index contributed by atoms with van der Waals surface area (Å²) in [5.74, 6) is -0.596. The molecule has 0 fully saturated rings. The second kappa shape index (κ2) is 15.4. The van der Waals surface area contributed by atoms with Gasteiger partial charge in [-0.15, -0.1) is 0 Å². The van der Waals surface area contributed by atoms with Crippen molar-refractivity contribution in [1.29, 1.82) is 0 Å². The molecule has 2 aromatic heterocycles. The summed E-state index contributed by atoms with van der Waals surface area (Å²) in [7, 11) is 0. The SMILES string of the molecule is [Cu+2].[OH2+]C(=NN=Cc1cccc(F)c1)c1ccncc1.[OH2+]C(=NN=Cc1cccc(F)c1)c1ccncc1. The fraction of sp³-hybridized carbons (Fsp3) is 0. The first-order valence-corrected chi connectivity index (χ1v) is 10.5. The van der Waals surface area contributed by atoms with Crippen LogP contribution in [0.3, 0.4) is 0 Å². The van der Waals surface area contributed by atoms with Gasteiger partial charge in [-0.25, -0.2) is 8.78 Å². The Morgan fingerprint density at radius 1 is 0.622 bits per heavy atom. The molecule has 0 saturated carbocycles. The molecule has 37 heavy (non-hydrogen) atoms. The van der Waals surface area contributed by atoms with E-state index < -0.39 is 0 Å². The molecule has 189 valence electrons. The monoisotopic (exact) mass is 551 g/mol. The van der Waals surface area contributed by atoms with E-state index in [0.29, 0.717) is 22.3 Å². The Morgan fingerprint density at radius 2 is 1.00 bits per heavy atom. The van der Waals surface area contributed by atoms with E-state index in [1.54, 1.807) is 73.3 Å². The standard InChI is InChI=1S/2C13H10FN3O.Cu/c2*14-12-3-1-2-10(8-12)9-16-17-13(18)11-4-6-15-7-5-11;/h2*1-9H,(H,17,18);/q;;+2/p+2. The van der Waals surface area contributed by atoms with Crippen molar-refractivity contribution in [2.75, 3.05) is 0 Å². The van der Waals surface area contributed by atoms with Gasteiger partial charge in [0.05, 0.1) is 23.6 Å². The minimum atomic E-state index is -0.330. The quantitative estimate of drug-likeness (QED) is 0.120. The van der Waals surface area contributed by atoms with Gasteiger partial charge in [-0.05, 0) is 59.7 Å². The third-order valence-corrected chi connectivity index (χ3v) is 4.33. The second-order valence-electron chi connectivity index (χ2n) is 6.97. The molecule has 1 radical (unpaired) electrons. The Morgan fingerprint density at radius 3 is 1.35 bits per heavy atom. The predicted octanol–water partition coefficient (Wildman–Crippen LogP) is 3.45. The van der Waals surface area contributed by atoms with Crippen molar-refractivity contribution in [3.63, 3.8) is 0 Å². The number of halogens is 2. The zero-order valence-corrected chi connectivity index (χ0v) is 20.1. The Kier molecular flexibility index (Phi) is 11.9. The maximum absolute atomic E-state index is 12.9. The summed E-state index contributed by atoms with van der Waals surface area (Å²) in [4.78, 5) is 7.69. The van der Waals surface area contributed by atoms with Crippen molar-refractivity contribution >= 4 is 24.2 Å². The first-order chi connectivity index (χ1) is 17.5. The van der Waals surface area contributed by atoms with Crippen LogP contribution in [-0.4, -0.2) is 44.4 Å². The van der Waals surface area contributed by atoms with Gasteiger partial charge in [0.15, 0.2) is 0 Å². The zero-order chi connectivity index (χ0) is 25.6. The number of hydrogen-bond acceptors (Lipinski definition) is 6. The van der Waals surface area contributed by atoms with E-state index in [1.165, 1.54) is 36.7 Å². The molecule has 2 heterocycles. The third-order valence-electron chi connectivity index (χ3n) is 4.33. The number of pyridine rings is 2. The summed E-state index contributed by atoms with van der Waals surface area (Å²) in [6.07, 6.45) is 9.12. The number of aromatic nitrogens is 2. The smallest absolute Gasteiger partial charge is 0.577 e. The van der Waals surface area contributed by atoms with E-state index in [9.17, 15) is 8.78 Å². The summed E-state index contributed by atoms with van der Waals surface area (Å²) >= 11 is 0. The molecule has 4 N–H and O–H groups in total. The largest absolute Gasteiger partial charge is 2.00 e. The molecule has 0 saturated heterocycles. The zero-order valence-electron chi connectivity index (χ0n) is 19.1. The number of rotatable bonds is 6. The minimum absolute atomic E-state index is 0. The van der Waals surface area contributed by atoms with Crippen LogP contribution in [0.5, 0.6) is 0 Å². The number of benzene rings is 2. The first-order valence-electron chi connectivity index (χ1n) is 10.5. The molecule has 4 rings (SSSR count). The van der Waals surface area contributed by atoms with Crippen molar-refractivity contribution in [3.05, 3.63) is 131 Å². The molecular weight excluding hydrogens is 530 g/mol. The average Bonchev–Trinajstić information content (AvgIpc) is 2.90. The number of hydrogen-bond donors (Lipinski definition) is 0. The van der Waals surface area contributed by atoms with Crippen LogP contribution in [0.4, 0.5) is 8.78 Å². The summed E-state index contributed by atoms with van der Waals surface area (Å²) in [5, 5.41) is 30.2. The van der Waals surface area contributed by atoms with Crippen LogP contribution < -0.4 is 0 Å². The van der Waals surface area contributed by atoms with Gasteiger partial charge in [0, 0.05) is 24.8 Å². The fourth-order valence-corrected chi connectivity index (χ4v) is 2.62. The van der Waals surface area contributed by atoms with Crippen molar-refractivity contribution < 1.29 is 36.1 Å². The van der Waals surface area contributed by atoms with Crippen molar-refractivity contribution in [2.45, 2.75) is 0 Å². The molecular formula is C26H22CuF2N6O2+4. The number of nitrogens with zero attached hydrogens (tertiary/aromatic N) is 6. The average molecular weight is 552 g/mol. The van der Waals surface area contributed by atoms with Gasteiger partial charge in [0.25, 0.3) is 0 Å². The van der Waals surface area contributed by atoms with Gasteiger partial charge in [0.1, 0.15) is 11.6 Å². The van der Waals surface area contributed by atoms with Gasteiger partial charge in [-0.3, -0.25) is 9.97 Å². The normalized spacial score (nSPS) is 11.6. The van der Waals surface area contributed by atoms with Gasteiger partial charge in [-0.2, -0.15) is 10.2 Å². The van der Waals surface area contributed by atoms with E-state index in [1.807, 2.05) is 0 Å². The molecule has 0 aliphatic heterocycles. The summed E-state index contributed by atoms with van der Waals surface area (Å²) in [5.41, 5.74) is 2.45. The van der Waals surface area contributed by atoms with E-state index in [2.05, 4.69) is 30.4 Å². The molecule has 4 aromatic rings. The van der Waals surface area contributed by atoms with E-state index in [4.69, 9.17) is 10.2 Å². The molecule has 0 atom stereocenters.